The number of halogens is 3. The first kappa shape index (κ1) is 23.7. The van der Waals surface area contributed by atoms with Gasteiger partial charge in [0.2, 0.25) is 0 Å². The predicted molar refractivity (Wildman–Crippen MR) is 108 cm³/mol. The second-order valence-corrected chi connectivity index (χ2v) is 8.19. The van der Waals surface area contributed by atoms with Gasteiger partial charge in [0.15, 0.2) is 0 Å². The number of nitro groups is 1. The van der Waals surface area contributed by atoms with Gasteiger partial charge in [0.25, 0.3) is 5.69 Å². The second-order valence-electron chi connectivity index (χ2n) is 8.19. The van der Waals surface area contributed by atoms with E-state index in [9.17, 15) is 23.3 Å². The zero-order chi connectivity index (χ0) is 23.5. The zero-order valence-corrected chi connectivity index (χ0v) is 17.2. The highest BCUT2D eigenvalue weighted by Gasteiger charge is 2.45. The van der Waals surface area contributed by atoms with Crippen molar-refractivity contribution in [3.8, 4) is 5.69 Å². The lowest BCUT2D eigenvalue weighted by Gasteiger charge is -2.52. The van der Waals surface area contributed by atoms with Crippen LogP contribution in [-0.2, 0) is 11.3 Å². The van der Waals surface area contributed by atoms with Crippen molar-refractivity contribution in [3.05, 3.63) is 52.3 Å². The average Bonchev–Trinajstić information content (AvgIpc) is 3.16. The first-order valence-corrected chi connectivity index (χ1v) is 10.1. The van der Waals surface area contributed by atoms with E-state index in [2.05, 4.69) is 10.00 Å². The third-order valence-electron chi connectivity index (χ3n) is 6.04. The molecule has 3 N–H and O–H groups in total. The van der Waals surface area contributed by atoms with Crippen LogP contribution in [0.5, 0.6) is 0 Å². The van der Waals surface area contributed by atoms with Crippen LogP contribution in [0, 0.1) is 15.5 Å². The molecule has 0 bridgehead atoms. The number of likely N-dealkylation sites (tertiary alicyclic amines) is 1. The SMILES string of the molecule is NC1CCN(Cc2cnn(-c3ccc([N+](=O)[O-])cc3)c2)CC12CCC2.O=C(O)C(F)(F)F. The van der Waals surface area contributed by atoms with E-state index in [1.807, 2.05) is 12.4 Å². The van der Waals surface area contributed by atoms with Crippen LogP contribution in [-0.4, -0.2) is 56.0 Å². The molecule has 4 rings (SSSR count). The van der Waals surface area contributed by atoms with Crippen LogP contribution >= 0.6 is 0 Å². The number of aromatic nitrogens is 2. The normalized spacial score (nSPS) is 20.2. The number of carbonyl (C=O) groups is 1. The van der Waals surface area contributed by atoms with Gasteiger partial charge in [-0.3, -0.25) is 15.0 Å². The Morgan fingerprint density at radius 1 is 1.31 bits per heavy atom. The molecule has 0 radical (unpaired) electrons. The summed E-state index contributed by atoms with van der Waals surface area (Å²) in [6, 6.07) is 6.79. The molecule has 1 aliphatic carbocycles. The van der Waals surface area contributed by atoms with Crippen LogP contribution in [0.15, 0.2) is 36.7 Å². The van der Waals surface area contributed by atoms with E-state index in [1.165, 1.54) is 31.4 Å². The van der Waals surface area contributed by atoms with Gasteiger partial charge in [0, 0.05) is 49.6 Å². The molecule has 2 heterocycles. The zero-order valence-electron chi connectivity index (χ0n) is 17.2. The van der Waals surface area contributed by atoms with Crippen LogP contribution in [0.25, 0.3) is 5.69 Å². The standard InChI is InChI=1S/C18H23N5O2.C2HF3O2/c19-17-6-9-21(13-18(17)7-1-8-18)11-14-10-20-22(12-14)15-2-4-16(5-3-15)23(24)25;3-2(4,5)1(6)7/h2-5,10,12,17H,1,6-9,11,13,19H2;(H,6,7). The number of hydrogen-bond acceptors (Lipinski definition) is 6. The fourth-order valence-electron chi connectivity index (χ4n) is 4.13. The summed E-state index contributed by atoms with van der Waals surface area (Å²) in [4.78, 5) is 21.7. The van der Waals surface area contributed by atoms with Gasteiger partial charge in [-0.15, -0.1) is 0 Å². The number of rotatable bonds is 4. The van der Waals surface area contributed by atoms with Crippen molar-refractivity contribution in [2.24, 2.45) is 11.1 Å². The number of nitro benzene ring substituents is 1. The Balaban J connectivity index is 0.000000360. The van der Waals surface area contributed by atoms with E-state index in [0.29, 0.717) is 11.5 Å². The van der Waals surface area contributed by atoms with Gasteiger partial charge >= 0.3 is 12.1 Å². The number of piperidine rings is 1. The second kappa shape index (κ2) is 9.25. The molecule has 9 nitrogen and oxygen atoms in total. The maximum atomic E-state index is 10.7. The van der Waals surface area contributed by atoms with Crippen LogP contribution in [0.2, 0.25) is 0 Å². The van der Waals surface area contributed by atoms with Crippen molar-refractivity contribution in [3.63, 3.8) is 0 Å². The summed E-state index contributed by atoms with van der Waals surface area (Å²) in [7, 11) is 0. The Morgan fingerprint density at radius 2 is 1.94 bits per heavy atom. The van der Waals surface area contributed by atoms with Crippen LogP contribution in [0.3, 0.4) is 0 Å². The topological polar surface area (TPSA) is 128 Å². The molecule has 1 saturated heterocycles. The first-order valence-electron chi connectivity index (χ1n) is 10.1. The molecule has 174 valence electrons. The fraction of sp³-hybridized carbons (Fsp3) is 0.500. The molecule has 1 unspecified atom stereocenters. The third kappa shape index (κ3) is 5.43. The number of carboxylic acid groups (broad SMARTS) is 1. The number of nitrogens with zero attached hydrogens (tertiary/aromatic N) is 4. The van der Waals surface area contributed by atoms with Crippen LogP contribution in [0.4, 0.5) is 18.9 Å². The van der Waals surface area contributed by atoms with E-state index in [-0.39, 0.29) is 5.69 Å². The molecule has 1 aromatic carbocycles. The van der Waals surface area contributed by atoms with Gasteiger partial charge in [-0.25, -0.2) is 9.48 Å². The minimum atomic E-state index is -5.08. The van der Waals surface area contributed by atoms with Crippen molar-refractivity contribution in [2.75, 3.05) is 13.1 Å². The number of non-ortho nitro benzene ring substituents is 1. The van der Waals surface area contributed by atoms with Crippen molar-refractivity contribution >= 4 is 11.7 Å². The highest BCUT2D eigenvalue weighted by molar-refractivity contribution is 5.73. The number of benzene rings is 1. The molecular formula is C20H24F3N5O4. The summed E-state index contributed by atoms with van der Waals surface area (Å²) in [6.45, 7) is 2.99. The largest absolute Gasteiger partial charge is 0.490 e. The third-order valence-corrected chi connectivity index (χ3v) is 6.04. The Kier molecular flexibility index (Phi) is 6.84. The quantitative estimate of drug-likeness (QED) is 0.536. The van der Waals surface area contributed by atoms with Gasteiger partial charge in [-0.05, 0) is 36.8 Å². The number of hydrogen-bond donors (Lipinski definition) is 2. The number of alkyl halides is 3. The van der Waals surface area contributed by atoms with Crippen molar-refractivity contribution in [2.45, 2.75) is 44.4 Å². The average molecular weight is 455 g/mol. The molecule has 1 saturated carbocycles. The maximum Gasteiger partial charge on any atom is 0.490 e. The number of aliphatic carboxylic acids is 1. The maximum absolute atomic E-state index is 10.7. The molecule has 2 aliphatic rings. The van der Waals surface area contributed by atoms with E-state index in [1.54, 1.807) is 16.8 Å². The summed E-state index contributed by atoms with van der Waals surface area (Å²) < 4.78 is 33.5. The van der Waals surface area contributed by atoms with E-state index in [4.69, 9.17) is 15.6 Å². The molecule has 2 aromatic rings. The summed E-state index contributed by atoms with van der Waals surface area (Å²) in [5.41, 5.74) is 8.77. The summed E-state index contributed by atoms with van der Waals surface area (Å²) in [6.07, 6.45) is 3.68. The molecule has 1 aromatic heterocycles. The number of carboxylic acids is 1. The van der Waals surface area contributed by atoms with E-state index in [0.717, 1.165) is 37.3 Å². The minimum Gasteiger partial charge on any atom is -0.475 e. The lowest BCUT2D eigenvalue weighted by Crippen LogP contribution is -2.58. The highest BCUT2D eigenvalue weighted by atomic mass is 19.4. The summed E-state index contributed by atoms with van der Waals surface area (Å²) in [5, 5.41) is 22.3. The molecule has 1 spiro atoms. The van der Waals surface area contributed by atoms with Crippen molar-refractivity contribution < 1.29 is 28.0 Å². The van der Waals surface area contributed by atoms with Gasteiger partial charge < -0.3 is 10.8 Å². The van der Waals surface area contributed by atoms with Crippen LogP contribution < -0.4 is 5.73 Å². The monoisotopic (exact) mass is 455 g/mol. The molecule has 32 heavy (non-hydrogen) atoms. The van der Waals surface area contributed by atoms with Crippen LogP contribution in [0.1, 0.15) is 31.2 Å². The molecule has 1 aliphatic heterocycles. The fourth-order valence-corrected chi connectivity index (χ4v) is 4.13. The molecular weight excluding hydrogens is 431 g/mol. The van der Waals surface area contributed by atoms with Gasteiger partial charge in [-0.2, -0.15) is 18.3 Å². The lowest BCUT2D eigenvalue weighted by atomic mass is 9.61. The summed E-state index contributed by atoms with van der Waals surface area (Å²) >= 11 is 0. The van der Waals surface area contributed by atoms with Gasteiger partial charge in [0.05, 0.1) is 16.8 Å². The Morgan fingerprint density at radius 3 is 2.44 bits per heavy atom. The van der Waals surface area contributed by atoms with E-state index >= 15 is 0 Å². The van der Waals surface area contributed by atoms with Crippen molar-refractivity contribution in [1.29, 1.82) is 0 Å². The van der Waals surface area contributed by atoms with Crippen molar-refractivity contribution in [1.82, 2.24) is 14.7 Å². The Bertz CT molecular complexity index is 957. The molecule has 1 atom stereocenters. The first-order chi connectivity index (χ1) is 15.0. The molecule has 0 amide bonds. The van der Waals surface area contributed by atoms with Gasteiger partial charge in [-0.1, -0.05) is 6.42 Å². The molecule has 2 fully saturated rings. The predicted octanol–water partition coefficient (Wildman–Crippen LogP) is 3.12. The summed E-state index contributed by atoms with van der Waals surface area (Å²) in [5.74, 6) is -2.76. The molecule has 12 heteroatoms. The lowest BCUT2D eigenvalue weighted by molar-refractivity contribution is -0.384. The Hall–Kier alpha value is -2.99. The smallest absolute Gasteiger partial charge is 0.475 e. The minimum absolute atomic E-state index is 0.0894. The highest BCUT2D eigenvalue weighted by Crippen LogP contribution is 2.46. The van der Waals surface area contributed by atoms with E-state index < -0.39 is 17.1 Å². The van der Waals surface area contributed by atoms with Gasteiger partial charge in [0.1, 0.15) is 0 Å². The Labute approximate surface area is 181 Å². The number of nitrogens with two attached hydrogens (primary N) is 1.